The van der Waals surface area contributed by atoms with Crippen molar-refractivity contribution < 1.29 is 14.7 Å². The molecule has 0 radical (unpaired) electrons. The molecule has 1 aliphatic heterocycles. The maximum Gasteiger partial charge on any atom is 0.329 e. The van der Waals surface area contributed by atoms with Gasteiger partial charge in [-0.1, -0.05) is 20.8 Å². The van der Waals surface area contributed by atoms with Gasteiger partial charge in [-0.3, -0.25) is 4.79 Å². The van der Waals surface area contributed by atoms with Crippen molar-refractivity contribution in [3.05, 3.63) is 0 Å². The number of rotatable bonds is 4. The standard InChI is InChI=1S/C12H21NO3S2/c1-11(2,3)18-8-9(14)13-12(10(15)16)4-6-17-7-5-12/h4-8H2,1-3H3,(H,13,14)(H,15,16). The van der Waals surface area contributed by atoms with E-state index in [2.05, 4.69) is 5.32 Å². The predicted molar refractivity (Wildman–Crippen MR) is 77.3 cm³/mol. The van der Waals surface area contributed by atoms with Crippen molar-refractivity contribution in [2.45, 2.75) is 43.9 Å². The maximum absolute atomic E-state index is 11.9. The van der Waals surface area contributed by atoms with Crippen LogP contribution in [0.5, 0.6) is 0 Å². The van der Waals surface area contributed by atoms with Gasteiger partial charge in [-0.25, -0.2) is 4.79 Å². The Morgan fingerprint density at radius 1 is 1.33 bits per heavy atom. The van der Waals surface area contributed by atoms with Gasteiger partial charge in [0.05, 0.1) is 5.75 Å². The molecule has 0 aromatic rings. The van der Waals surface area contributed by atoms with Gasteiger partial charge in [-0.05, 0) is 24.3 Å². The minimum absolute atomic E-state index is 0.0101. The summed E-state index contributed by atoms with van der Waals surface area (Å²) in [6, 6.07) is 0. The van der Waals surface area contributed by atoms with Gasteiger partial charge in [0.1, 0.15) is 5.54 Å². The Morgan fingerprint density at radius 3 is 2.33 bits per heavy atom. The van der Waals surface area contributed by atoms with E-state index in [-0.39, 0.29) is 10.7 Å². The van der Waals surface area contributed by atoms with E-state index in [1.165, 1.54) is 11.8 Å². The number of hydrogen-bond acceptors (Lipinski definition) is 4. The summed E-state index contributed by atoms with van der Waals surface area (Å²) >= 11 is 3.27. The number of thioether (sulfide) groups is 2. The molecule has 0 unspecified atom stereocenters. The fourth-order valence-electron chi connectivity index (χ4n) is 1.70. The number of carbonyl (C=O) groups is 2. The Labute approximate surface area is 117 Å². The third-order valence-corrected chi connectivity index (χ3v) is 5.03. The SMILES string of the molecule is CC(C)(C)SCC(=O)NC1(C(=O)O)CCSCC1. The maximum atomic E-state index is 11.9. The molecule has 1 heterocycles. The van der Waals surface area contributed by atoms with E-state index in [9.17, 15) is 14.7 Å². The number of carboxylic acids is 1. The molecule has 2 N–H and O–H groups in total. The Balaban J connectivity index is 2.56. The number of aliphatic carboxylic acids is 1. The van der Waals surface area contributed by atoms with Gasteiger partial charge in [0.15, 0.2) is 0 Å². The van der Waals surface area contributed by atoms with E-state index in [0.29, 0.717) is 18.6 Å². The van der Waals surface area contributed by atoms with Crippen molar-refractivity contribution in [2.24, 2.45) is 0 Å². The summed E-state index contributed by atoms with van der Waals surface area (Å²) in [5, 5.41) is 12.1. The zero-order valence-electron chi connectivity index (χ0n) is 11.1. The van der Waals surface area contributed by atoms with Crippen molar-refractivity contribution in [3.63, 3.8) is 0 Å². The van der Waals surface area contributed by atoms with Gasteiger partial charge in [0, 0.05) is 4.75 Å². The Morgan fingerprint density at radius 2 is 1.89 bits per heavy atom. The number of nitrogens with one attached hydrogen (secondary N) is 1. The van der Waals surface area contributed by atoms with Crippen LogP contribution in [-0.4, -0.2) is 44.5 Å². The van der Waals surface area contributed by atoms with E-state index in [1.54, 1.807) is 11.8 Å². The molecule has 1 aliphatic rings. The molecule has 0 atom stereocenters. The lowest BCUT2D eigenvalue weighted by molar-refractivity contribution is -0.147. The Hall–Kier alpha value is -0.360. The topological polar surface area (TPSA) is 66.4 Å². The fourth-order valence-corrected chi connectivity index (χ4v) is 3.52. The minimum atomic E-state index is -1.04. The first-order valence-electron chi connectivity index (χ1n) is 6.01. The zero-order valence-corrected chi connectivity index (χ0v) is 12.7. The summed E-state index contributed by atoms with van der Waals surface area (Å²) in [6.45, 7) is 6.11. The molecule has 4 nitrogen and oxygen atoms in total. The first kappa shape index (κ1) is 15.7. The number of hydrogen-bond donors (Lipinski definition) is 2. The lowest BCUT2D eigenvalue weighted by atomic mass is 9.92. The molecule has 18 heavy (non-hydrogen) atoms. The second kappa shape index (κ2) is 6.19. The summed E-state index contributed by atoms with van der Waals surface area (Å²) < 4.78 is 0.0101. The summed E-state index contributed by atoms with van der Waals surface area (Å²) in [4.78, 5) is 23.2. The molecular formula is C12H21NO3S2. The largest absolute Gasteiger partial charge is 0.480 e. The molecule has 0 aromatic carbocycles. The Kier molecular flexibility index (Phi) is 5.40. The molecule has 1 saturated heterocycles. The van der Waals surface area contributed by atoms with E-state index in [0.717, 1.165) is 11.5 Å². The number of carbonyl (C=O) groups excluding carboxylic acids is 1. The van der Waals surface area contributed by atoms with Crippen molar-refractivity contribution in [1.29, 1.82) is 0 Å². The van der Waals surface area contributed by atoms with Crippen LogP contribution >= 0.6 is 23.5 Å². The summed E-state index contributed by atoms with van der Waals surface area (Å²) in [6.07, 6.45) is 1.03. The average Bonchev–Trinajstić information content (AvgIpc) is 2.26. The molecule has 0 aromatic heterocycles. The van der Waals surface area contributed by atoms with E-state index in [4.69, 9.17) is 0 Å². The van der Waals surface area contributed by atoms with Crippen molar-refractivity contribution >= 4 is 35.4 Å². The van der Waals surface area contributed by atoms with Crippen LogP contribution in [0.15, 0.2) is 0 Å². The van der Waals surface area contributed by atoms with Crippen LogP contribution in [0.4, 0.5) is 0 Å². The molecule has 1 rings (SSSR count). The number of carboxylic acid groups (broad SMARTS) is 1. The van der Waals surface area contributed by atoms with Crippen LogP contribution < -0.4 is 5.32 Å². The highest BCUT2D eigenvalue weighted by Gasteiger charge is 2.41. The van der Waals surface area contributed by atoms with Gasteiger partial charge < -0.3 is 10.4 Å². The molecular weight excluding hydrogens is 270 g/mol. The minimum Gasteiger partial charge on any atom is -0.480 e. The molecule has 104 valence electrons. The third kappa shape index (κ3) is 4.72. The first-order chi connectivity index (χ1) is 8.25. The highest BCUT2D eigenvalue weighted by atomic mass is 32.2. The molecule has 0 spiro atoms. The monoisotopic (exact) mass is 291 g/mol. The van der Waals surface area contributed by atoms with E-state index in [1.807, 2.05) is 20.8 Å². The second-order valence-electron chi connectivity index (χ2n) is 5.45. The lowest BCUT2D eigenvalue weighted by Gasteiger charge is -2.34. The highest BCUT2D eigenvalue weighted by Crippen LogP contribution is 2.28. The average molecular weight is 291 g/mol. The first-order valence-corrected chi connectivity index (χ1v) is 8.15. The van der Waals surface area contributed by atoms with Crippen molar-refractivity contribution in [1.82, 2.24) is 5.32 Å². The molecule has 0 bridgehead atoms. The predicted octanol–water partition coefficient (Wildman–Crippen LogP) is 1.98. The molecule has 0 saturated carbocycles. The summed E-state index contributed by atoms with van der Waals surface area (Å²) in [7, 11) is 0. The van der Waals surface area contributed by atoms with Crippen LogP contribution in [0.2, 0.25) is 0 Å². The van der Waals surface area contributed by atoms with Gasteiger partial charge in [-0.2, -0.15) is 11.8 Å². The summed E-state index contributed by atoms with van der Waals surface area (Å²) in [5.41, 5.74) is -1.04. The van der Waals surface area contributed by atoms with E-state index >= 15 is 0 Å². The van der Waals surface area contributed by atoms with Gasteiger partial charge in [-0.15, -0.1) is 11.8 Å². The van der Waals surface area contributed by atoms with Crippen LogP contribution in [0, 0.1) is 0 Å². The van der Waals surface area contributed by atoms with E-state index < -0.39 is 11.5 Å². The lowest BCUT2D eigenvalue weighted by Crippen LogP contribution is -2.57. The van der Waals surface area contributed by atoms with Crippen LogP contribution in [0.3, 0.4) is 0 Å². The second-order valence-corrected chi connectivity index (χ2v) is 8.48. The quantitative estimate of drug-likeness (QED) is 0.829. The molecule has 1 amide bonds. The van der Waals surface area contributed by atoms with Crippen LogP contribution in [0.1, 0.15) is 33.6 Å². The molecule has 1 fully saturated rings. The fraction of sp³-hybridized carbons (Fsp3) is 0.833. The van der Waals surface area contributed by atoms with Crippen molar-refractivity contribution in [3.8, 4) is 0 Å². The normalized spacial score (nSPS) is 19.3. The van der Waals surface area contributed by atoms with Gasteiger partial charge in [0.25, 0.3) is 0 Å². The molecule has 6 heteroatoms. The van der Waals surface area contributed by atoms with Crippen molar-refractivity contribution in [2.75, 3.05) is 17.3 Å². The Bertz CT molecular complexity index is 320. The van der Waals surface area contributed by atoms with Gasteiger partial charge >= 0.3 is 5.97 Å². The smallest absolute Gasteiger partial charge is 0.329 e. The molecule has 0 aliphatic carbocycles. The van der Waals surface area contributed by atoms with Crippen LogP contribution in [0.25, 0.3) is 0 Å². The number of amides is 1. The van der Waals surface area contributed by atoms with Gasteiger partial charge in [0.2, 0.25) is 5.91 Å². The summed E-state index contributed by atoms with van der Waals surface area (Å²) in [5.74, 6) is 0.810. The third-order valence-electron chi connectivity index (χ3n) is 2.77. The highest BCUT2D eigenvalue weighted by molar-refractivity contribution is 8.01. The zero-order chi connectivity index (χ0) is 13.8. The van der Waals surface area contributed by atoms with Crippen LogP contribution in [-0.2, 0) is 9.59 Å².